The van der Waals surface area contributed by atoms with E-state index >= 15 is 0 Å². The number of aromatic nitrogens is 1. The minimum absolute atomic E-state index is 0.263. The summed E-state index contributed by atoms with van der Waals surface area (Å²) < 4.78 is 0. The number of pyridine rings is 1. The van der Waals surface area contributed by atoms with Crippen LogP contribution in [0.25, 0.3) is 0 Å². The number of carbonyl (C=O) groups excluding carboxylic acids is 1. The van der Waals surface area contributed by atoms with Crippen LogP contribution in [0.4, 0.5) is 0 Å². The maximum absolute atomic E-state index is 12.0. The van der Waals surface area contributed by atoms with Gasteiger partial charge in [-0.2, -0.15) is 0 Å². The van der Waals surface area contributed by atoms with Crippen LogP contribution >= 0.6 is 0 Å². The summed E-state index contributed by atoms with van der Waals surface area (Å²) >= 11 is 0. The van der Waals surface area contributed by atoms with Crippen LogP contribution in [0.3, 0.4) is 0 Å². The lowest BCUT2D eigenvalue weighted by Crippen LogP contribution is -2.35. The van der Waals surface area contributed by atoms with E-state index in [0.717, 1.165) is 25.2 Å². The van der Waals surface area contributed by atoms with Gasteiger partial charge in [-0.05, 0) is 56.8 Å². The number of rotatable bonds is 3. The van der Waals surface area contributed by atoms with Crippen molar-refractivity contribution in [3.05, 3.63) is 29.1 Å². The minimum Gasteiger partial charge on any atom is -0.346 e. The molecule has 4 nitrogen and oxygen atoms in total. The predicted octanol–water partition coefficient (Wildman–Crippen LogP) is 2.32. The van der Waals surface area contributed by atoms with Crippen molar-refractivity contribution in [3.63, 3.8) is 0 Å². The number of amides is 1. The van der Waals surface area contributed by atoms with Crippen molar-refractivity contribution in [3.8, 4) is 0 Å². The van der Waals surface area contributed by atoms with Crippen molar-refractivity contribution in [2.45, 2.75) is 45.1 Å². The smallest absolute Gasteiger partial charge is 0.222 e. The molecule has 3 rings (SSSR count). The third-order valence-corrected chi connectivity index (χ3v) is 4.82. The Balaban J connectivity index is 1.81. The van der Waals surface area contributed by atoms with Crippen LogP contribution < -0.4 is 0 Å². The lowest BCUT2D eigenvalue weighted by molar-refractivity contribution is -0.132. The second kappa shape index (κ2) is 6.14. The third kappa shape index (κ3) is 3.26. The highest BCUT2D eigenvalue weighted by Gasteiger charge is 2.27. The summed E-state index contributed by atoms with van der Waals surface area (Å²) in [5.41, 5.74) is 3.57. The van der Waals surface area contributed by atoms with Crippen LogP contribution in [0.1, 0.15) is 48.6 Å². The van der Waals surface area contributed by atoms with Crippen LogP contribution in [0.5, 0.6) is 0 Å². The van der Waals surface area contributed by atoms with Crippen molar-refractivity contribution >= 4 is 5.91 Å². The number of piperidine rings is 1. The summed E-state index contributed by atoms with van der Waals surface area (Å²) in [6, 6.07) is 4.29. The molecule has 1 aromatic heterocycles. The summed E-state index contributed by atoms with van der Waals surface area (Å²) in [7, 11) is 1.90. The molecule has 21 heavy (non-hydrogen) atoms. The minimum atomic E-state index is 0.263. The van der Waals surface area contributed by atoms with Gasteiger partial charge in [-0.15, -0.1) is 0 Å². The highest BCUT2D eigenvalue weighted by Crippen LogP contribution is 2.31. The van der Waals surface area contributed by atoms with E-state index in [1.807, 2.05) is 11.9 Å². The molecule has 2 aliphatic heterocycles. The average Bonchev–Trinajstić information content (AvgIpc) is 2.95. The Labute approximate surface area is 127 Å². The van der Waals surface area contributed by atoms with Crippen LogP contribution in [0.15, 0.2) is 12.1 Å². The highest BCUT2D eigenvalue weighted by molar-refractivity contribution is 5.77. The number of carbonyl (C=O) groups is 1. The fraction of sp³-hybridized carbons (Fsp3) is 0.647. The second-order valence-corrected chi connectivity index (χ2v) is 6.48. The Kier molecular flexibility index (Phi) is 4.24. The first-order chi connectivity index (χ1) is 10.1. The molecule has 1 atom stereocenters. The molecular weight excluding hydrogens is 262 g/mol. The van der Waals surface area contributed by atoms with E-state index in [4.69, 9.17) is 4.98 Å². The van der Waals surface area contributed by atoms with Crippen molar-refractivity contribution in [2.75, 3.05) is 26.7 Å². The number of likely N-dealkylation sites (tertiary alicyclic amines) is 2. The zero-order chi connectivity index (χ0) is 14.8. The lowest BCUT2D eigenvalue weighted by atomic mass is 9.88. The Morgan fingerprint density at radius 2 is 2.00 bits per heavy atom. The zero-order valence-electron chi connectivity index (χ0n) is 13.1. The highest BCUT2D eigenvalue weighted by atomic mass is 16.2. The SMILES string of the molecule is Cc1ccc(C2CCN(C)C(=O)C2)c(CN2CCCC2)n1. The molecule has 0 aliphatic carbocycles. The first-order valence-electron chi connectivity index (χ1n) is 8.06. The van der Waals surface area contributed by atoms with Gasteiger partial charge in [0.05, 0.1) is 5.69 Å². The predicted molar refractivity (Wildman–Crippen MR) is 83.1 cm³/mol. The van der Waals surface area contributed by atoms with Gasteiger partial charge < -0.3 is 4.90 Å². The quantitative estimate of drug-likeness (QED) is 0.856. The second-order valence-electron chi connectivity index (χ2n) is 6.48. The van der Waals surface area contributed by atoms with E-state index in [0.29, 0.717) is 12.3 Å². The molecule has 1 amide bonds. The molecule has 0 spiro atoms. The monoisotopic (exact) mass is 287 g/mol. The third-order valence-electron chi connectivity index (χ3n) is 4.82. The maximum atomic E-state index is 12.0. The number of hydrogen-bond acceptors (Lipinski definition) is 3. The normalized spacial score (nSPS) is 23.8. The molecule has 0 aromatic carbocycles. The zero-order valence-corrected chi connectivity index (χ0v) is 13.1. The van der Waals surface area contributed by atoms with Crippen LogP contribution in [-0.4, -0.2) is 47.4 Å². The van der Waals surface area contributed by atoms with Crippen molar-refractivity contribution in [1.82, 2.24) is 14.8 Å². The largest absolute Gasteiger partial charge is 0.346 e. The number of aryl methyl sites for hydroxylation is 1. The number of nitrogens with zero attached hydrogens (tertiary/aromatic N) is 3. The van der Waals surface area contributed by atoms with Crippen molar-refractivity contribution in [2.24, 2.45) is 0 Å². The molecule has 0 saturated carbocycles. The van der Waals surface area contributed by atoms with Gasteiger partial charge >= 0.3 is 0 Å². The first-order valence-corrected chi connectivity index (χ1v) is 8.06. The molecule has 2 aliphatic rings. The molecule has 2 saturated heterocycles. The molecule has 0 bridgehead atoms. The summed E-state index contributed by atoms with van der Waals surface area (Å²) in [5, 5.41) is 0. The van der Waals surface area contributed by atoms with E-state index in [1.54, 1.807) is 0 Å². The van der Waals surface area contributed by atoms with Gasteiger partial charge in [-0.25, -0.2) is 0 Å². The van der Waals surface area contributed by atoms with Crippen LogP contribution in [0.2, 0.25) is 0 Å². The van der Waals surface area contributed by atoms with Crippen LogP contribution in [0, 0.1) is 6.92 Å². The van der Waals surface area contributed by atoms with Gasteiger partial charge in [0.1, 0.15) is 0 Å². The molecule has 1 aromatic rings. The Morgan fingerprint density at radius 3 is 2.71 bits per heavy atom. The molecule has 0 N–H and O–H groups in total. The van der Waals surface area contributed by atoms with E-state index in [2.05, 4.69) is 24.0 Å². The van der Waals surface area contributed by atoms with Crippen molar-refractivity contribution in [1.29, 1.82) is 0 Å². The fourth-order valence-electron chi connectivity index (χ4n) is 3.48. The van der Waals surface area contributed by atoms with Crippen molar-refractivity contribution < 1.29 is 4.79 Å². The fourth-order valence-corrected chi connectivity index (χ4v) is 3.48. The summed E-state index contributed by atoms with van der Waals surface area (Å²) in [6.07, 6.45) is 4.29. The van der Waals surface area contributed by atoms with E-state index in [1.165, 1.54) is 37.2 Å². The molecule has 0 radical (unpaired) electrons. The lowest BCUT2D eigenvalue weighted by Gasteiger charge is -2.30. The standard InChI is InChI=1S/C17H25N3O/c1-13-5-6-15(14-7-10-19(2)17(21)11-14)16(18-13)12-20-8-3-4-9-20/h5-6,14H,3-4,7-12H2,1-2H3. The van der Waals surface area contributed by atoms with Gasteiger partial charge in [-0.1, -0.05) is 6.07 Å². The van der Waals surface area contributed by atoms with E-state index in [9.17, 15) is 4.79 Å². The molecule has 4 heteroatoms. The van der Waals surface area contributed by atoms with Gasteiger partial charge in [0.25, 0.3) is 0 Å². The summed E-state index contributed by atoms with van der Waals surface area (Å²) in [5.74, 6) is 0.610. The van der Waals surface area contributed by atoms with Gasteiger partial charge in [0.15, 0.2) is 0 Å². The molecule has 114 valence electrons. The Hall–Kier alpha value is -1.42. The summed E-state index contributed by atoms with van der Waals surface area (Å²) in [4.78, 5) is 21.1. The van der Waals surface area contributed by atoms with Gasteiger partial charge in [-0.3, -0.25) is 14.7 Å². The molecule has 2 fully saturated rings. The summed E-state index contributed by atoms with van der Waals surface area (Å²) in [6.45, 7) is 6.22. The van der Waals surface area contributed by atoms with E-state index < -0.39 is 0 Å². The molecular formula is C17H25N3O. The van der Waals surface area contributed by atoms with E-state index in [-0.39, 0.29) is 5.91 Å². The van der Waals surface area contributed by atoms with Crippen LogP contribution in [-0.2, 0) is 11.3 Å². The van der Waals surface area contributed by atoms with Gasteiger partial charge in [0, 0.05) is 32.3 Å². The molecule has 3 heterocycles. The average molecular weight is 287 g/mol. The maximum Gasteiger partial charge on any atom is 0.222 e. The number of hydrogen-bond donors (Lipinski definition) is 0. The Morgan fingerprint density at radius 1 is 1.24 bits per heavy atom. The Bertz CT molecular complexity index is 523. The topological polar surface area (TPSA) is 36.4 Å². The first kappa shape index (κ1) is 14.5. The molecule has 1 unspecified atom stereocenters. The van der Waals surface area contributed by atoms with Gasteiger partial charge in [0.2, 0.25) is 5.91 Å².